The summed E-state index contributed by atoms with van der Waals surface area (Å²) in [7, 11) is 0. The molecule has 0 heterocycles. The van der Waals surface area contributed by atoms with E-state index in [2.05, 4.69) is 18.7 Å². The lowest BCUT2D eigenvalue weighted by Gasteiger charge is -2.10. The minimum atomic E-state index is 0.231. The van der Waals surface area contributed by atoms with Crippen molar-refractivity contribution >= 4 is 11.8 Å². The Balaban J connectivity index is 2.63. The summed E-state index contributed by atoms with van der Waals surface area (Å²) >= 11 is 1.76. The molecule has 0 spiro atoms. The predicted molar refractivity (Wildman–Crippen MR) is 63.1 cm³/mol. The fourth-order valence-electron chi connectivity index (χ4n) is 1.06. The lowest BCUT2D eigenvalue weighted by atomic mass is 10.3. The van der Waals surface area contributed by atoms with E-state index in [1.807, 2.05) is 32.1 Å². The van der Waals surface area contributed by atoms with Gasteiger partial charge in [0.25, 0.3) is 0 Å². The molecule has 0 aromatic heterocycles. The molecule has 0 atom stereocenters. The molecule has 76 valence electrons. The Bertz CT molecular complexity index is 294. The molecule has 0 fully saturated rings. The molecular weight excluding hydrogens is 192 g/mol. The molecule has 0 bridgehead atoms. The number of rotatable bonds is 5. The van der Waals surface area contributed by atoms with Crippen LogP contribution in [0.25, 0.3) is 0 Å². The minimum absolute atomic E-state index is 0.231. The molecule has 0 saturated carbocycles. The van der Waals surface area contributed by atoms with Gasteiger partial charge in [-0.1, -0.05) is 12.1 Å². The van der Waals surface area contributed by atoms with Crippen LogP contribution in [0.4, 0.5) is 0 Å². The Morgan fingerprint density at radius 2 is 2.29 bits per heavy atom. The molecule has 0 saturated heterocycles. The zero-order valence-corrected chi connectivity index (χ0v) is 9.51. The van der Waals surface area contributed by atoms with Crippen molar-refractivity contribution in [1.82, 2.24) is 0 Å². The third-order valence-corrected chi connectivity index (χ3v) is 2.53. The number of hydrogen-bond donors (Lipinski definition) is 0. The molecule has 0 aliphatic carbocycles. The topological polar surface area (TPSA) is 9.23 Å². The van der Waals surface area contributed by atoms with Crippen molar-refractivity contribution in [1.29, 1.82) is 0 Å². The van der Waals surface area contributed by atoms with Gasteiger partial charge < -0.3 is 4.74 Å². The SMILES string of the molecule is C=CCSc1cccc(OC(C)C)c1. The van der Waals surface area contributed by atoms with Gasteiger partial charge in [-0.25, -0.2) is 0 Å². The molecule has 1 aromatic carbocycles. The van der Waals surface area contributed by atoms with E-state index in [-0.39, 0.29) is 6.10 Å². The van der Waals surface area contributed by atoms with Gasteiger partial charge in [0.1, 0.15) is 5.75 Å². The largest absolute Gasteiger partial charge is 0.491 e. The summed E-state index contributed by atoms with van der Waals surface area (Å²) in [6.45, 7) is 7.76. The Morgan fingerprint density at radius 3 is 2.93 bits per heavy atom. The van der Waals surface area contributed by atoms with E-state index in [9.17, 15) is 0 Å². The van der Waals surface area contributed by atoms with Crippen molar-refractivity contribution in [2.75, 3.05) is 5.75 Å². The number of ether oxygens (including phenoxy) is 1. The summed E-state index contributed by atoms with van der Waals surface area (Å²) in [5.41, 5.74) is 0. The Hall–Kier alpha value is -0.890. The van der Waals surface area contributed by atoms with E-state index in [1.54, 1.807) is 11.8 Å². The molecule has 0 aliphatic heterocycles. The van der Waals surface area contributed by atoms with E-state index in [4.69, 9.17) is 4.74 Å². The van der Waals surface area contributed by atoms with E-state index < -0.39 is 0 Å². The summed E-state index contributed by atoms with van der Waals surface area (Å²) in [4.78, 5) is 1.23. The van der Waals surface area contributed by atoms with Crippen molar-refractivity contribution in [2.24, 2.45) is 0 Å². The molecule has 0 unspecified atom stereocenters. The highest BCUT2D eigenvalue weighted by molar-refractivity contribution is 7.99. The molecule has 0 amide bonds. The average Bonchev–Trinajstić information content (AvgIpc) is 2.14. The first-order valence-electron chi connectivity index (χ1n) is 4.73. The number of thioether (sulfide) groups is 1. The molecule has 0 radical (unpaired) electrons. The van der Waals surface area contributed by atoms with Crippen LogP contribution in [0.3, 0.4) is 0 Å². The molecular formula is C12H16OS. The van der Waals surface area contributed by atoms with Gasteiger partial charge in [0, 0.05) is 10.6 Å². The van der Waals surface area contributed by atoms with Crippen LogP contribution in [0.1, 0.15) is 13.8 Å². The van der Waals surface area contributed by atoms with Crippen LogP contribution in [-0.2, 0) is 0 Å². The first-order chi connectivity index (χ1) is 6.72. The maximum Gasteiger partial charge on any atom is 0.120 e. The maximum absolute atomic E-state index is 5.60. The molecule has 1 rings (SSSR count). The maximum atomic E-state index is 5.60. The first-order valence-corrected chi connectivity index (χ1v) is 5.71. The molecule has 2 heteroatoms. The summed E-state index contributed by atoms with van der Waals surface area (Å²) in [5.74, 6) is 1.87. The fraction of sp³-hybridized carbons (Fsp3) is 0.333. The van der Waals surface area contributed by atoms with Crippen LogP contribution in [0.2, 0.25) is 0 Å². The molecule has 0 aliphatic rings. The minimum Gasteiger partial charge on any atom is -0.491 e. The second-order valence-electron chi connectivity index (χ2n) is 3.24. The Labute approximate surface area is 90.2 Å². The highest BCUT2D eigenvalue weighted by atomic mass is 32.2. The molecule has 0 N–H and O–H groups in total. The first kappa shape index (κ1) is 11.2. The van der Waals surface area contributed by atoms with Crippen LogP contribution in [0.15, 0.2) is 41.8 Å². The van der Waals surface area contributed by atoms with Gasteiger partial charge in [-0.3, -0.25) is 0 Å². The fourth-order valence-corrected chi connectivity index (χ4v) is 1.75. The van der Waals surface area contributed by atoms with E-state index >= 15 is 0 Å². The lowest BCUT2D eigenvalue weighted by molar-refractivity contribution is 0.242. The Morgan fingerprint density at radius 1 is 1.50 bits per heavy atom. The average molecular weight is 208 g/mol. The predicted octanol–water partition coefficient (Wildman–Crippen LogP) is 3.75. The highest BCUT2D eigenvalue weighted by Gasteiger charge is 1.98. The van der Waals surface area contributed by atoms with Crippen LogP contribution >= 0.6 is 11.8 Å². The normalized spacial score (nSPS) is 10.2. The van der Waals surface area contributed by atoms with Gasteiger partial charge in [-0.2, -0.15) is 0 Å². The number of benzene rings is 1. The zero-order chi connectivity index (χ0) is 10.4. The lowest BCUT2D eigenvalue weighted by Crippen LogP contribution is -2.05. The van der Waals surface area contributed by atoms with Gasteiger partial charge >= 0.3 is 0 Å². The Kier molecular flexibility index (Phi) is 4.60. The van der Waals surface area contributed by atoms with Crippen molar-refractivity contribution in [3.8, 4) is 5.75 Å². The van der Waals surface area contributed by atoms with Gasteiger partial charge in [-0.15, -0.1) is 18.3 Å². The smallest absolute Gasteiger partial charge is 0.120 e. The van der Waals surface area contributed by atoms with Gasteiger partial charge in [0.15, 0.2) is 0 Å². The van der Waals surface area contributed by atoms with Crippen molar-refractivity contribution in [2.45, 2.75) is 24.8 Å². The van der Waals surface area contributed by atoms with Crippen LogP contribution in [0, 0.1) is 0 Å². The third kappa shape index (κ3) is 3.88. The molecule has 1 nitrogen and oxygen atoms in total. The second kappa shape index (κ2) is 5.76. The van der Waals surface area contributed by atoms with Gasteiger partial charge in [0.2, 0.25) is 0 Å². The zero-order valence-electron chi connectivity index (χ0n) is 8.69. The third-order valence-electron chi connectivity index (χ3n) is 1.55. The van der Waals surface area contributed by atoms with Crippen LogP contribution in [0.5, 0.6) is 5.75 Å². The van der Waals surface area contributed by atoms with Crippen molar-refractivity contribution in [3.63, 3.8) is 0 Å². The summed E-state index contributed by atoms with van der Waals surface area (Å²) < 4.78 is 5.60. The van der Waals surface area contributed by atoms with Crippen LogP contribution in [-0.4, -0.2) is 11.9 Å². The molecule has 1 aromatic rings. The van der Waals surface area contributed by atoms with Crippen LogP contribution < -0.4 is 4.74 Å². The van der Waals surface area contributed by atoms with Crippen molar-refractivity contribution in [3.05, 3.63) is 36.9 Å². The number of hydrogen-bond acceptors (Lipinski definition) is 2. The quantitative estimate of drug-likeness (QED) is 0.538. The standard InChI is InChI=1S/C12H16OS/c1-4-8-14-12-7-5-6-11(9-12)13-10(2)3/h4-7,9-10H,1,8H2,2-3H3. The summed E-state index contributed by atoms with van der Waals surface area (Å²) in [5, 5.41) is 0. The van der Waals surface area contributed by atoms with E-state index in [1.165, 1.54) is 4.90 Å². The molecule has 14 heavy (non-hydrogen) atoms. The van der Waals surface area contributed by atoms with E-state index in [0.29, 0.717) is 0 Å². The van der Waals surface area contributed by atoms with E-state index in [0.717, 1.165) is 11.5 Å². The van der Waals surface area contributed by atoms with Gasteiger partial charge in [-0.05, 0) is 32.0 Å². The van der Waals surface area contributed by atoms with Gasteiger partial charge in [0.05, 0.1) is 6.10 Å². The van der Waals surface area contributed by atoms with Crippen molar-refractivity contribution < 1.29 is 4.74 Å². The highest BCUT2D eigenvalue weighted by Crippen LogP contribution is 2.23. The second-order valence-corrected chi connectivity index (χ2v) is 4.33. The summed E-state index contributed by atoms with van der Waals surface area (Å²) in [6.07, 6.45) is 2.13. The summed E-state index contributed by atoms with van der Waals surface area (Å²) in [6, 6.07) is 8.15. The monoisotopic (exact) mass is 208 g/mol.